The molecule has 15 heteroatoms. The molecular weight excluding hydrogens is 624 g/mol. The van der Waals surface area contributed by atoms with Crippen molar-refractivity contribution in [2.45, 2.75) is 49.6 Å². The maximum atomic E-state index is 13.3. The number of carbonyl (C=O) groups is 2. The molecule has 2 atom stereocenters. The summed E-state index contributed by atoms with van der Waals surface area (Å²) in [7, 11) is -7.84. The lowest BCUT2D eigenvalue weighted by Crippen LogP contribution is -2.49. The monoisotopic (exact) mass is 668 g/mol. The third-order valence-electron chi connectivity index (χ3n) is 7.08. The van der Waals surface area contributed by atoms with Crippen molar-refractivity contribution in [2.75, 3.05) is 65.8 Å². The van der Waals surface area contributed by atoms with E-state index < -0.39 is 43.9 Å². The molecule has 1 heterocycles. The average Bonchev–Trinajstić information content (AvgIpc) is 3.00. The second-order valence-electron chi connectivity index (χ2n) is 10.8. The summed E-state index contributed by atoms with van der Waals surface area (Å²) in [5.74, 6) is -0.880. The molecule has 2 aromatic rings. The first-order valence-electron chi connectivity index (χ1n) is 14.8. The van der Waals surface area contributed by atoms with Crippen molar-refractivity contribution < 1.29 is 40.6 Å². The third kappa shape index (κ3) is 11.4. The number of aryl methyl sites for hydroxylation is 2. The van der Waals surface area contributed by atoms with Crippen LogP contribution in [0, 0.1) is 13.8 Å². The Labute approximate surface area is 266 Å². The maximum absolute atomic E-state index is 13.3. The fraction of sp³-hybridized carbons (Fsp3) is 0.533. The van der Waals surface area contributed by atoms with Gasteiger partial charge < -0.3 is 24.0 Å². The fourth-order valence-electron chi connectivity index (χ4n) is 4.47. The minimum absolute atomic E-state index is 0.0628. The number of nitrogens with zero attached hydrogens (tertiary/aromatic N) is 2. The summed E-state index contributed by atoms with van der Waals surface area (Å²) in [5, 5.41) is 0. The second kappa shape index (κ2) is 17.1. The Morgan fingerprint density at radius 2 is 0.867 bits per heavy atom. The predicted octanol–water partition coefficient (Wildman–Crippen LogP) is 1.06. The molecule has 2 aromatic carbocycles. The minimum atomic E-state index is -3.92. The van der Waals surface area contributed by atoms with Crippen LogP contribution >= 0.6 is 0 Å². The van der Waals surface area contributed by atoms with E-state index in [1.807, 2.05) is 13.8 Å². The zero-order valence-corrected chi connectivity index (χ0v) is 27.9. The molecule has 1 aliphatic rings. The van der Waals surface area contributed by atoms with Crippen LogP contribution in [0.4, 0.5) is 0 Å². The largest absolute Gasteiger partial charge is 0.378 e. The SMILES string of the molecule is Cc1ccc(S(=O)(=O)N[C@@H](C)C(=O)N2CCOCCOCCN(C(=O)[C@H](C)NS(=O)(=O)c3ccc(C)cc3)CCOCC2)cc1. The van der Waals surface area contributed by atoms with Crippen molar-refractivity contribution in [1.29, 1.82) is 0 Å². The molecule has 0 unspecified atom stereocenters. The number of rotatable bonds is 8. The van der Waals surface area contributed by atoms with Gasteiger partial charge in [0.2, 0.25) is 31.9 Å². The molecule has 0 radical (unpaired) electrons. The zero-order chi connectivity index (χ0) is 33.0. The van der Waals surface area contributed by atoms with Crippen LogP contribution in [-0.4, -0.2) is 116 Å². The number of hydrogen-bond acceptors (Lipinski definition) is 9. The van der Waals surface area contributed by atoms with Crippen LogP contribution in [0.15, 0.2) is 58.3 Å². The molecule has 1 saturated heterocycles. The maximum Gasteiger partial charge on any atom is 0.241 e. The minimum Gasteiger partial charge on any atom is -0.378 e. The number of nitrogens with one attached hydrogen (secondary N) is 2. The summed E-state index contributed by atoms with van der Waals surface area (Å²) in [6.45, 7) is 8.55. The first-order chi connectivity index (χ1) is 21.3. The van der Waals surface area contributed by atoms with E-state index in [9.17, 15) is 26.4 Å². The smallest absolute Gasteiger partial charge is 0.241 e. The molecule has 2 amide bonds. The molecule has 3 rings (SSSR count). The van der Waals surface area contributed by atoms with E-state index in [1.165, 1.54) is 47.9 Å². The van der Waals surface area contributed by atoms with Gasteiger partial charge in [0, 0.05) is 26.2 Å². The molecule has 250 valence electrons. The Hall–Kier alpha value is -2.92. The van der Waals surface area contributed by atoms with Gasteiger partial charge in [0.05, 0.1) is 61.5 Å². The third-order valence-corrected chi connectivity index (χ3v) is 10.2. The number of hydrogen-bond donors (Lipinski definition) is 2. The Bertz CT molecular complexity index is 1360. The van der Waals surface area contributed by atoms with Crippen LogP contribution in [0.5, 0.6) is 0 Å². The van der Waals surface area contributed by atoms with Gasteiger partial charge in [0.25, 0.3) is 0 Å². The summed E-state index contributed by atoms with van der Waals surface area (Å²) in [6.07, 6.45) is 0. The van der Waals surface area contributed by atoms with Gasteiger partial charge in [-0.25, -0.2) is 16.8 Å². The summed E-state index contributed by atoms with van der Waals surface area (Å²) < 4.78 is 73.2. The molecular formula is C30H44N4O9S2. The van der Waals surface area contributed by atoms with Crippen LogP contribution < -0.4 is 9.44 Å². The first kappa shape index (κ1) is 36.5. The van der Waals surface area contributed by atoms with E-state index in [4.69, 9.17) is 14.2 Å². The lowest BCUT2D eigenvalue weighted by molar-refractivity contribution is -0.134. The molecule has 0 saturated carbocycles. The second-order valence-corrected chi connectivity index (χ2v) is 14.2. The molecule has 1 aliphatic heterocycles. The number of benzene rings is 2. The van der Waals surface area contributed by atoms with Gasteiger partial charge in [-0.1, -0.05) is 35.4 Å². The van der Waals surface area contributed by atoms with Crippen LogP contribution in [0.2, 0.25) is 0 Å². The summed E-state index contributed by atoms with van der Waals surface area (Å²) in [5.41, 5.74) is 1.82. The summed E-state index contributed by atoms with van der Waals surface area (Å²) >= 11 is 0. The van der Waals surface area contributed by atoms with E-state index in [0.717, 1.165) is 11.1 Å². The first-order valence-corrected chi connectivity index (χ1v) is 17.8. The lowest BCUT2D eigenvalue weighted by Gasteiger charge is -2.27. The highest BCUT2D eigenvalue weighted by atomic mass is 32.2. The number of sulfonamides is 2. The Morgan fingerprint density at radius 1 is 0.578 bits per heavy atom. The normalized spacial score (nSPS) is 18.0. The van der Waals surface area contributed by atoms with E-state index in [2.05, 4.69) is 9.44 Å². The van der Waals surface area contributed by atoms with E-state index in [1.54, 1.807) is 24.3 Å². The topological polar surface area (TPSA) is 161 Å². The highest BCUT2D eigenvalue weighted by Crippen LogP contribution is 2.13. The zero-order valence-electron chi connectivity index (χ0n) is 26.2. The van der Waals surface area contributed by atoms with Crippen LogP contribution in [-0.2, 0) is 43.8 Å². The lowest BCUT2D eigenvalue weighted by atomic mass is 10.2. The Kier molecular flexibility index (Phi) is 13.9. The number of amides is 2. The van der Waals surface area contributed by atoms with Crippen LogP contribution in [0.3, 0.4) is 0 Å². The highest BCUT2D eigenvalue weighted by Gasteiger charge is 2.27. The van der Waals surface area contributed by atoms with Gasteiger partial charge in [-0.3, -0.25) is 9.59 Å². The van der Waals surface area contributed by atoms with Crippen molar-refractivity contribution in [3.63, 3.8) is 0 Å². The van der Waals surface area contributed by atoms with Crippen molar-refractivity contribution in [3.8, 4) is 0 Å². The number of ether oxygens (including phenoxy) is 3. The molecule has 1 fully saturated rings. The fourth-order valence-corrected chi connectivity index (χ4v) is 6.87. The molecule has 0 bridgehead atoms. The quantitative estimate of drug-likeness (QED) is 0.419. The van der Waals surface area contributed by atoms with Crippen LogP contribution in [0.1, 0.15) is 25.0 Å². The Balaban J connectivity index is 1.59. The van der Waals surface area contributed by atoms with Gasteiger partial charge in [-0.15, -0.1) is 0 Å². The van der Waals surface area contributed by atoms with Gasteiger partial charge >= 0.3 is 0 Å². The van der Waals surface area contributed by atoms with E-state index in [0.29, 0.717) is 0 Å². The molecule has 13 nitrogen and oxygen atoms in total. The van der Waals surface area contributed by atoms with Crippen molar-refractivity contribution >= 4 is 31.9 Å². The van der Waals surface area contributed by atoms with E-state index >= 15 is 0 Å². The van der Waals surface area contributed by atoms with Crippen LogP contribution in [0.25, 0.3) is 0 Å². The summed E-state index contributed by atoms with van der Waals surface area (Å²) in [4.78, 5) is 29.6. The van der Waals surface area contributed by atoms with Gasteiger partial charge in [0.1, 0.15) is 0 Å². The van der Waals surface area contributed by atoms with Crippen molar-refractivity contribution in [3.05, 3.63) is 59.7 Å². The highest BCUT2D eigenvalue weighted by molar-refractivity contribution is 7.89. The molecule has 0 spiro atoms. The van der Waals surface area contributed by atoms with Gasteiger partial charge in [0.15, 0.2) is 0 Å². The average molecular weight is 669 g/mol. The molecule has 0 aromatic heterocycles. The van der Waals surface area contributed by atoms with Gasteiger partial charge in [-0.05, 0) is 52.0 Å². The standard InChI is InChI=1S/C30H44N4O9S2/c1-23-5-9-27(10-6-23)44(37,38)31-25(3)29(35)33-13-17-41-18-14-34(16-20-43-22-21-42-19-15-33)30(36)26(4)32-45(39,40)28-11-7-24(2)8-12-28/h5-12,25-26,31-32H,13-22H2,1-4H3/t25-,26-/m0/s1. The molecule has 45 heavy (non-hydrogen) atoms. The van der Waals surface area contributed by atoms with Crippen molar-refractivity contribution in [1.82, 2.24) is 19.2 Å². The van der Waals surface area contributed by atoms with Gasteiger partial charge in [-0.2, -0.15) is 9.44 Å². The Morgan fingerprint density at radius 3 is 1.18 bits per heavy atom. The van der Waals surface area contributed by atoms with Crippen molar-refractivity contribution in [2.24, 2.45) is 0 Å². The number of carbonyl (C=O) groups excluding carboxylic acids is 2. The molecule has 0 aliphatic carbocycles. The summed E-state index contributed by atoms with van der Waals surface area (Å²) in [6, 6.07) is 10.6. The predicted molar refractivity (Wildman–Crippen MR) is 168 cm³/mol. The molecule has 2 N–H and O–H groups in total. The van der Waals surface area contributed by atoms with E-state index in [-0.39, 0.29) is 75.6 Å².